The standard InChI is InChI=1S/C15H15IN2O4S/c16-12-4-6-14(7-5-12)22-9-15(19)18-13-3-1-2-11(8-13)10-23(17,20)21/h1-8H,9-10H2,(H,18,19)(H2,17,20,21). The van der Waals surface area contributed by atoms with Crippen LogP contribution >= 0.6 is 22.6 Å². The molecule has 0 saturated heterocycles. The van der Waals surface area contributed by atoms with Gasteiger partial charge < -0.3 is 10.1 Å². The molecule has 0 spiro atoms. The summed E-state index contributed by atoms with van der Waals surface area (Å²) in [5.74, 6) is -0.0181. The third kappa shape index (κ3) is 6.55. The van der Waals surface area contributed by atoms with Gasteiger partial charge in [-0.05, 0) is 64.6 Å². The second kappa shape index (κ2) is 7.75. The quantitative estimate of drug-likeness (QED) is 0.665. The summed E-state index contributed by atoms with van der Waals surface area (Å²) in [6.45, 7) is -0.139. The van der Waals surface area contributed by atoms with E-state index in [-0.39, 0.29) is 18.3 Å². The minimum atomic E-state index is -3.61. The van der Waals surface area contributed by atoms with E-state index < -0.39 is 10.0 Å². The summed E-state index contributed by atoms with van der Waals surface area (Å²) in [6.07, 6.45) is 0. The van der Waals surface area contributed by atoms with Crippen molar-refractivity contribution in [3.05, 3.63) is 57.7 Å². The highest BCUT2D eigenvalue weighted by molar-refractivity contribution is 14.1. The van der Waals surface area contributed by atoms with Crippen molar-refractivity contribution in [3.8, 4) is 5.75 Å². The number of hydrogen-bond acceptors (Lipinski definition) is 4. The maximum atomic E-state index is 11.9. The molecule has 0 aliphatic rings. The van der Waals surface area contributed by atoms with Crippen LogP contribution in [0.1, 0.15) is 5.56 Å². The number of ether oxygens (including phenoxy) is 1. The van der Waals surface area contributed by atoms with Crippen LogP contribution in [0.15, 0.2) is 48.5 Å². The zero-order valence-corrected chi connectivity index (χ0v) is 15.0. The first-order chi connectivity index (χ1) is 10.8. The summed E-state index contributed by atoms with van der Waals surface area (Å²) in [6, 6.07) is 13.8. The van der Waals surface area contributed by atoms with Crippen LogP contribution in [0.3, 0.4) is 0 Å². The summed E-state index contributed by atoms with van der Waals surface area (Å²) in [4.78, 5) is 11.9. The van der Waals surface area contributed by atoms with E-state index in [2.05, 4.69) is 27.9 Å². The molecule has 0 unspecified atom stereocenters. The number of nitrogens with two attached hydrogens (primary N) is 1. The van der Waals surface area contributed by atoms with E-state index in [0.717, 1.165) is 3.57 Å². The highest BCUT2D eigenvalue weighted by atomic mass is 127. The molecule has 0 radical (unpaired) electrons. The van der Waals surface area contributed by atoms with E-state index in [0.29, 0.717) is 17.0 Å². The normalized spacial score (nSPS) is 11.0. The first-order valence-corrected chi connectivity index (χ1v) is 9.39. The van der Waals surface area contributed by atoms with Crippen LogP contribution in [0.25, 0.3) is 0 Å². The number of sulfonamides is 1. The molecule has 2 rings (SSSR count). The zero-order valence-electron chi connectivity index (χ0n) is 12.0. The molecule has 0 heterocycles. The van der Waals surface area contributed by atoms with Crippen molar-refractivity contribution in [1.82, 2.24) is 0 Å². The summed E-state index contributed by atoms with van der Waals surface area (Å²) >= 11 is 2.18. The molecule has 0 bridgehead atoms. The predicted molar refractivity (Wildman–Crippen MR) is 96.5 cm³/mol. The van der Waals surface area contributed by atoms with Crippen LogP contribution in [-0.2, 0) is 20.6 Å². The van der Waals surface area contributed by atoms with Crippen molar-refractivity contribution in [2.45, 2.75) is 5.75 Å². The predicted octanol–water partition coefficient (Wildman–Crippen LogP) is 2.10. The molecule has 0 fully saturated rings. The van der Waals surface area contributed by atoms with Crippen LogP contribution in [0.5, 0.6) is 5.75 Å². The van der Waals surface area contributed by atoms with E-state index in [9.17, 15) is 13.2 Å². The molecule has 3 N–H and O–H groups in total. The first-order valence-electron chi connectivity index (χ1n) is 6.59. The third-order valence-corrected chi connectivity index (χ3v) is 4.22. The maximum Gasteiger partial charge on any atom is 0.262 e. The van der Waals surface area contributed by atoms with Crippen molar-refractivity contribution in [2.75, 3.05) is 11.9 Å². The van der Waals surface area contributed by atoms with Crippen molar-refractivity contribution < 1.29 is 17.9 Å². The van der Waals surface area contributed by atoms with Crippen LogP contribution < -0.4 is 15.2 Å². The molecule has 0 atom stereocenters. The number of primary sulfonamides is 1. The van der Waals surface area contributed by atoms with Gasteiger partial charge in [0.15, 0.2) is 6.61 Å². The highest BCUT2D eigenvalue weighted by Gasteiger charge is 2.08. The Morgan fingerprint density at radius 2 is 1.87 bits per heavy atom. The van der Waals surface area contributed by atoms with Gasteiger partial charge in [-0.1, -0.05) is 12.1 Å². The molecule has 0 saturated carbocycles. The van der Waals surface area contributed by atoms with E-state index in [4.69, 9.17) is 9.88 Å². The van der Waals surface area contributed by atoms with Crippen molar-refractivity contribution in [1.29, 1.82) is 0 Å². The molecule has 122 valence electrons. The van der Waals surface area contributed by atoms with Gasteiger partial charge in [-0.25, -0.2) is 13.6 Å². The first kappa shape index (κ1) is 17.7. The Morgan fingerprint density at radius 3 is 2.52 bits per heavy atom. The lowest BCUT2D eigenvalue weighted by molar-refractivity contribution is -0.118. The number of carbonyl (C=O) groups excluding carboxylic acids is 1. The minimum Gasteiger partial charge on any atom is -0.484 e. The van der Waals surface area contributed by atoms with Gasteiger partial charge in [0.25, 0.3) is 5.91 Å². The fourth-order valence-electron chi connectivity index (χ4n) is 1.85. The highest BCUT2D eigenvalue weighted by Crippen LogP contribution is 2.14. The molecule has 8 heteroatoms. The number of anilines is 1. The van der Waals surface area contributed by atoms with E-state index in [1.54, 1.807) is 36.4 Å². The van der Waals surface area contributed by atoms with Gasteiger partial charge in [0.2, 0.25) is 10.0 Å². The fourth-order valence-corrected chi connectivity index (χ4v) is 2.85. The van der Waals surface area contributed by atoms with Gasteiger partial charge in [-0.2, -0.15) is 0 Å². The Balaban J connectivity index is 1.92. The van der Waals surface area contributed by atoms with Crippen molar-refractivity contribution in [2.24, 2.45) is 5.14 Å². The number of carbonyl (C=O) groups is 1. The van der Waals surface area contributed by atoms with E-state index in [1.165, 1.54) is 0 Å². The Hall–Kier alpha value is -1.65. The van der Waals surface area contributed by atoms with Crippen molar-refractivity contribution >= 4 is 44.2 Å². The molecular formula is C15H15IN2O4S. The number of hydrogen-bond donors (Lipinski definition) is 2. The van der Waals surface area contributed by atoms with E-state index >= 15 is 0 Å². The molecule has 2 aromatic rings. The summed E-state index contributed by atoms with van der Waals surface area (Å²) in [5, 5.41) is 7.65. The lowest BCUT2D eigenvalue weighted by Gasteiger charge is -2.09. The van der Waals surface area contributed by atoms with Crippen LogP contribution in [0.2, 0.25) is 0 Å². The third-order valence-electron chi connectivity index (χ3n) is 2.76. The monoisotopic (exact) mass is 446 g/mol. The zero-order chi connectivity index (χ0) is 16.9. The number of amides is 1. The molecule has 0 aliphatic carbocycles. The van der Waals surface area contributed by atoms with Gasteiger partial charge in [0.1, 0.15) is 5.75 Å². The average molecular weight is 446 g/mol. The molecule has 1 amide bonds. The molecule has 6 nitrogen and oxygen atoms in total. The number of nitrogens with one attached hydrogen (secondary N) is 1. The largest absolute Gasteiger partial charge is 0.484 e. The molecule has 0 aromatic heterocycles. The minimum absolute atomic E-state index is 0.139. The summed E-state index contributed by atoms with van der Waals surface area (Å²) in [5.41, 5.74) is 0.992. The molecule has 23 heavy (non-hydrogen) atoms. The smallest absolute Gasteiger partial charge is 0.262 e. The summed E-state index contributed by atoms with van der Waals surface area (Å²) < 4.78 is 28.6. The van der Waals surface area contributed by atoms with Crippen LogP contribution in [0.4, 0.5) is 5.69 Å². The maximum absolute atomic E-state index is 11.9. The summed E-state index contributed by atoms with van der Waals surface area (Å²) in [7, 11) is -3.61. The van der Waals surface area contributed by atoms with E-state index in [1.807, 2.05) is 12.1 Å². The van der Waals surface area contributed by atoms with Gasteiger partial charge in [-0.3, -0.25) is 4.79 Å². The van der Waals surface area contributed by atoms with Gasteiger partial charge in [0, 0.05) is 9.26 Å². The Labute approximate surface area is 148 Å². The van der Waals surface area contributed by atoms with Gasteiger partial charge in [0.05, 0.1) is 5.75 Å². The van der Waals surface area contributed by atoms with Crippen molar-refractivity contribution in [3.63, 3.8) is 0 Å². The van der Waals surface area contributed by atoms with Gasteiger partial charge in [-0.15, -0.1) is 0 Å². The number of halogens is 1. The second-order valence-electron chi connectivity index (χ2n) is 4.80. The fraction of sp³-hybridized carbons (Fsp3) is 0.133. The van der Waals surface area contributed by atoms with Crippen LogP contribution in [-0.4, -0.2) is 20.9 Å². The van der Waals surface area contributed by atoms with Crippen LogP contribution in [0, 0.1) is 3.57 Å². The Morgan fingerprint density at radius 1 is 1.17 bits per heavy atom. The second-order valence-corrected chi connectivity index (χ2v) is 7.66. The Bertz CT molecular complexity index is 791. The molecule has 2 aromatic carbocycles. The number of rotatable bonds is 6. The lowest BCUT2D eigenvalue weighted by atomic mass is 10.2. The lowest BCUT2D eigenvalue weighted by Crippen LogP contribution is -2.20. The molecular weight excluding hydrogens is 431 g/mol. The molecule has 0 aliphatic heterocycles. The Kier molecular flexibility index (Phi) is 5.97. The average Bonchev–Trinajstić information content (AvgIpc) is 2.45. The number of benzene rings is 2. The van der Waals surface area contributed by atoms with Gasteiger partial charge >= 0.3 is 0 Å². The topological polar surface area (TPSA) is 98.5 Å². The SMILES string of the molecule is NS(=O)(=O)Cc1cccc(NC(=O)COc2ccc(I)cc2)c1.